The summed E-state index contributed by atoms with van der Waals surface area (Å²) in [5, 5.41) is 14.9. The molecule has 0 saturated carbocycles. The van der Waals surface area contributed by atoms with Crippen LogP contribution in [0.1, 0.15) is 13.8 Å². The molecule has 0 amide bonds. The zero-order valence-corrected chi connectivity index (χ0v) is 10.1. The van der Waals surface area contributed by atoms with Crippen molar-refractivity contribution in [1.29, 1.82) is 0 Å². The minimum atomic E-state index is -0.877. The van der Waals surface area contributed by atoms with Crippen LogP contribution in [0.4, 0.5) is 10.1 Å². The fraction of sp³-hybridized carbons (Fsp3) is 0.250. The molecule has 2 rings (SSSR count). The van der Waals surface area contributed by atoms with Crippen LogP contribution in [-0.2, 0) is 6.54 Å². The third kappa shape index (κ3) is 2.46. The lowest BCUT2D eigenvalue weighted by atomic mass is 10.2. The van der Waals surface area contributed by atoms with E-state index >= 15 is 0 Å². The van der Waals surface area contributed by atoms with Gasteiger partial charge < -0.3 is 0 Å². The molecule has 0 aliphatic heterocycles. The Morgan fingerprint density at radius 2 is 2.22 bits per heavy atom. The second-order valence-corrected chi connectivity index (χ2v) is 3.13. The molecule has 1 aromatic heterocycles. The number of rotatable bonds is 2. The van der Waals surface area contributed by atoms with Crippen LogP contribution < -0.4 is 0 Å². The van der Waals surface area contributed by atoms with Gasteiger partial charge in [-0.15, -0.1) is 6.42 Å². The van der Waals surface area contributed by atoms with Gasteiger partial charge in [0.15, 0.2) is 0 Å². The Bertz CT molecular complexity index is 614. The zero-order chi connectivity index (χ0) is 13.7. The minimum Gasteiger partial charge on any atom is -0.258 e. The van der Waals surface area contributed by atoms with Crippen molar-refractivity contribution < 1.29 is 9.31 Å². The summed E-state index contributed by atoms with van der Waals surface area (Å²) in [6.07, 6.45) is 6.54. The lowest BCUT2D eigenvalue weighted by molar-refractivity contribution is -0.387. The average Bonchev–Trinajstić information content (AvgIpc) is 2.73. The van der Waals surface area contributed by atoms with Gasteiger partial charge in [0.2, 0.25) is 5.82 Å². The van der Waals surface area contributed by atoms with E-state index in [4.69, 9.17) is 6.42 Å². The lowest BCUT2D eigenvalue weighted by Gasteiger charge is -1.98. The molecule has 0 saturated heterocycles. The Labute approximate surface area is 103 Å². The van der Waals surface area contributed by atoms with E-state index in [1.54, 1.807) is 0 Å². The molecule has 0 aliphatic rings. The Morgan fingerprint density at radius 3 is 2.78 bits per heavy atom. The molecule has 94 valence electrons. The van der Waals surface area contributed by atoms with Crippen LogP contribution in [-0.4, -0.2) is 14.7 Å². The topological polar surface area (TPSA) is 61.0 Å². The van der Waals surface area contributed by atoms with E-state index in [0.717, 1.165) is 12.1 Å². The van der Waals surface area contributed by atoms with Crippen LogP contribution in [0.5, 0.6) is 0 Å². The van der Waals surface area contributed by atoms with Gasteiger partial charge in [0.25, 0.3) is 0 Å². The van der Waals surface area contributed by atoms with Crippen molar-refractivity contribution in [3.63, 3.8) is 0 Å². The van der Waals surface area contributed by atoms with Crippen molar-refractivity contribution in [2.45, 2.75) is 20.4 Å². The highest BCUT2D eigenvalue weighted by molar-refractivity contribution is 5.81. The number of halogens is 1. The molecule has 0 radical (unpaired) electrons. The summed E-state index contributed by atoms with van der Waals surface area (Å²) in [5.41, 5.74) is -0.127. The van der Waals surface area contributed by atoms with E-state index < -0.39 is 16.4 Å². The van der Waals surface area contributed by atoms with Gasteiger partial charge in [-0.05, 0) is 6.07 Å². The first-order valence-electron chi connectivity index (χ1n) is 5.36. The van der Waals surface area contributed by atoms with Crippen LogP contribution in [0.3, 0.4) is 0 Å². The van der Waals surface area contributed by atoms with E-state index in [1.165, 1.54) is 10.9 Å². The first-order chi connectivity index (χ1) is 8.63. The molecule has 2 aromatic rings. The highest BCUT2D eigenvalue weighted by Crippen LogP contribution is 2.24. The Balaban J connectivity index is 0.000000771. The Kier molecular flexibility index (Phi) is 4.38. The summed E-state index contributed by atoms with van der Waals surface area (Å²) in [6.45, 7) is 4.19. The number of hydrogen-bond donors (Lipinski definition) is 0. The number of nitro benzene ring substituents is 1. The van der Waals surface area contributed by atoms with E-state index in [-0.39, 0.29) is 6.54 Å². The predicted octanol–water partition coefficient (Wildman–Crippen LogP) is 2.74. The maximum absolute atomic E-state index is 13.2. The molecule has 1 aromatic carbocycles. The molecule has 0 spiro atoms. The number of terminal acetylenes is 1. The van der Waals surface area contributed by atoms with E-state index in [2.05, 4.69) is 11.0 Å². The van der Waals surface area contributed by atoms with Gasteiger partial charge in [0.1, 0.15) is 6.54 Å². The Hall–Kier alpha value is -2.42. The third-order valence-corrected chi connectivity index (χ3v) is 2.15. The van der Waals surface area contributed by atoms with E-state index in [0.29, 0.717) is 10.9 Å². The molecule has 18 heavy (non-hydrogen) atoms. The minimum absolute atomic E-state index is 0.187. The van der Waals surface area contributed by atoms with Crippen molar-refractivity contribution in [2.24, 2.45) is 0 Å². The van der Waals surface area contributed by atoms with Crippen LogP contribution >= 0.6 is 0 Å². The molecular formula is C12H12FN3O2. The van der Waals surface area contributed by atoms with Crippen molar-refractivity contribution in [1.82, 2.24) is 9.78 Å². The van der Waals surface area contributed by atoms with Gasteiger partial charge in [-0.3, -0.25) is 14.8 Å². The highest BCUT2D eigenvalue weighted by Gasteiger charge is 2.17. The molecule has 0 bridgehead atoms. The molecule has 0 aliphatic carbocycles. The molecule has 1 heterocycles. The highest BCUT2D eigenvalue weighted by atomic mass is 19.1. The maximum Gasteiger partial charge on any atom is 0.306 e. The van der Waals surface area contributed by atoms with Crippen molar-refractivity contribution in [3.05, 3.63) is 34.3 Å². The van der Waals surface area contributed by atoms with Crippen LogP contribution in [0.25, 0.3) is 10.9 Å². The number of hydrogen-bond acceptors (Lipinski definition) is 3. The van der Waals surface area contributed by atoms with Gasteiger partial charge in [0.05, 0.1) is 16.6 Å². The van der Waals surface area contributed by atoms with Gasteiger partial charge >= 0.3 is 5.69 Å². The Morgan fingerprint density at radius 1 is 1.56 bits per heavy atom. The van der Waals surface area contributed by atoms with E-state index in [1.807, 2.05) is 13.8 Å². The van der Waals surface area contributed by atoms with Crippen molar-refractivity contribution in [3.8, 4) is 12.3 Å². The third-order valence-electron chi connectivity index (χ3n) is 2.15. The molecule has 0 fully saturated rings. The summed E-state index contributed by atoms with van der Waals surface area (Å²) in [4.78, 5) is 9.78. The quantitative estimate of drug-likeness (QED) is 0.467. The normalized spacial score (nSPS) is 9.44. The number of aromatic nitrogens is 2. The van der Waals surface area contributed by atoms with Gasteiger partial charge in [0, 0.05) is 11.5 Å². The average molecular weight is 249 g/mol. The largest absolute Gasteiger partial charge is 0.306 e. The summed E-state index contributed by atoms with van der Waals surface area (Å²) in [5.74, 6) is 1.49. The summed E-state index contributed by atoms with van der Waals surface area (Å²) < 4.78 is 14.7. The fourth-order valence-corrected chi connectivity index (χ4v) is 1.44. The van der Waals surface area contributed by atoms with Gasteiger partial charge in [-0.2, -0.15) is 9.49 Å². The summed E-state index contributed by atoms with van der Waals surface area (Å²) >= 11 is 0. The van der Waals surface area contributed by atoms with Crippen LogP contribution in [0, 0.1) is 28.3 Å². The predicted molar refractivity (Wildman–Crippen MR) is 66.5 cm³/mol. The van der Waals surface area contributed by atoms with Crippen molar-refractivity contribution in [2.75, 3.05) is 0 Å². The van der Waals surface area contributed by atoms with Gasteiger partial charge in [-0.25, -0.2) is 0 Å². The SMILES string of the molecule is C#CCn1ncc2cc(F)c([N+](=O)[O-])cc21.CC. The molecular weight excluding hydrogens is 237 g/mol. The van der Waals surface area contributed by atoms with Crippen LogP contribution in [0.2, 0.25) is 0 Å². The second kappa shape index (κ2) is 5.77. The molecule has 5 nitrogen and oxygen atoms in total. The van der Waals surface area contributed by atoms with E-state index in [9.17, 15) is 14.5 Å². The molecule has 0 atom stereocenters. The number of benzene rings is 1. The first kappa shape index (κ1) is 13.6. The standard InChI is InChI=1S/C10H6FN3O2.C2H6/c1-2-3-13-9-5-10(14(15)16)8(11)4-7(9)6-12-13;1-2/h1,4-6H,3H2;1-2H3. The van der Waals surface area contributed by atoms with Crippen LogP contribution in [0.15, 0.2) is 18.3 Å². The lowest BCUT2D eigenvalue weighted by Crippen LogP contribution is -1.98. The zero-order valence-electron chi connectivity index (χ0n) is 10.1. The monoisotopic (exact) mass is 249 g/mol. The number of nitro groups is 1. The smallest absolute Gasteiger partial charge is 0.258 e. The number of nitrogens with zero attached hydrogens (tertiary/aromatic N) is 3. The molecule has 0 N–H and O–H groups in total. The van der Waals surface area contributed by atoms with Crippen molar-refractivity contribution >= 4 is 16.6 Å². The first-order valence-corrected chi connectivity index (χ1v) is 5.36. The summed E-state index contributed by atoms with van der Waals surface area (Å²) in [7, 11) is 0. The van der Waals surface area contributed by atoms with Gasteiger partial charge in [-0.1, -0.05) is 19.8 Å². The molecule has 6 heteroatoms. The summed E-state index contributed by atoms with van der Waals surface area (Å²) in [6, 6.07) is 2.21. The maximum atomic E-state index is 13.2. The second-order valence-electron chi connectivity index (χ2n) is 3.13. The molecule has 0 unspecified atom stereocenters. The number of fused-ring (bicyclic) bond motifs is 1. The fourth-order valence-electron chi connectivity index (χ4n) is 1.44.